The molecule has 0 radical (unpaired) electrons. The lowest BCUT2D eigenvalue weighted by atomic mass is 10.3. The Kier molecular flexibility index (Phi) is 4.25. The predicted molar refractivity (Wildman–Crippen MR) is 95.1 cm³/mol. The van der Waals surface area contributed by atoms with Crippen LogP contribution in [0.2, 0.25) is 0 Å². The van der Waals surface area contributed by atoms with Gasteiger partial charge in [0.25, 0.3) is 0 Å². The summed E-state index contributed by atoms with van der Waals surface area (Å²) in [7, 11) is 0. The number of hydrogen-bond donors (Lipinski definition) is 2. The average molecular weight is 344 g/mol. The summed E-state index contributed by atoms with van der Waals surface area (Å²) in [4.78, 5) is 8.98. The number of nitrogens with zero attached hydrogens (tertiary/aromatic N) is 2. The van der Waals surface area contributed by atoms with Crippen LogP contribution in [0.15, 0.2) is 28.6 Å². The topological polar surface area (TPSA) is 81.8 Å². The van der Waals surface area contributed by atoms with E-state index in [2.05, 4.69) is 20.7 Å². The van der Waals surface area contributed by atoms with Gasteiger partial charge in [0, 0.05) is 29.5 Å². The van der Waals surface area contributed by atoms with Gasteiger partial charge in [0.2, 0.25) is 0 Å². The number of anilines is 1. The molecule has 2 aromatic rings. The molecule has 24 heavy (non-hydrogen) atoms. The van der Waals surface area contributed by atoms with Crippen molar-refractivity contribution in [3.05, 3.63) is 34.3 Å². The molecular weight excluding hydrogens is 324 g/mol. The number of benzene rings is 1. The van der Waals surface area contributed by atoms with Gasteiger partial charge in [-0.05, 0) is 25.0 Å². The second kappa shape index (κ2) is 6.68. The molecule has 1 fully saturated rings. The number of ether oxygens (including phenoxy) is 2. The lowest BCUT2D eigenvalue weighted by Gasteiger charge is -2.10. The van der Waals surface area contributed by atoms with E-state index in [1.54, 1.807) is 11.3 Å². The van der Waals surface area contributed by atoms with Crippen LogP contribution in [0.4, 0.5) is 5.69 Å². The molecule has 6 nitrogen and oxygen atoms in total. The monoisotopic (exact) mass is 344 g/mol. The average Bonchev–Trinajstić information content (AvgIpc) is 3.36. The Morgan fingerprint density at radius 3 is 2.96 bits per heavy atom. The molecular formula is C17H20N4O2S. The highest BCUT2D eigenvalue weighted by Crippen LogP contribution is 2.40. The molecule has 0 bridgehead atoms. The third-order valence-corrected chi connectivity index (χ3v) is 4.82. The van der Waals surface area contributed by atoms with Gasteiger partial charge in [-0.25, -0.2) is 9.98 Å². The van der Waals surface area contributed by atoms with E-state index in [4.69, 9.17) is 15.2 Å². The fourth-order valence-electron chi connectivity index (χ4n) is 2.55. The Bertz CT molecular complexity index is 755. The van der Waals surface area contributed by atoms with Crippen molar-refractivity contribution >= 4 is 23.0 Å². The molecule has 1 aromatic heterocycles. The fraction of sp³-hybridized carbons (Fsp3) is 0.412. The molecule has 0 amide bonds. The van der Waals surface area contributed by atoms with Crippen molar-refractivity contribution in [2.45, 2.75) is 31.7 Å². The van der Waals surface area contributed by atoms with Crippen molar-refractivity contribution in [3.8, 4) is 11.5 Å². The Hall–Kier alpha value is -2.28. The molecule has 7 heteroatoms. The van der Waals surface area contributed by atoms with Crippen LogP contribution in [-0.4, -0.2) is 24.2 Å². The summed E-state index contributed by atoms with van der Waals surface area (Å²) in [6.45, 7) is 1.84. The van der Waals surface area contributed by atoms with E-state index in [0.29, 0.717) is 31.6 Å². The van der Waals surface area contributed by atoms with Gasteiger partial charge in [0.1, 0.15) is 5.01 Å². The van der Waals surface area contributed by atoms with Crippen LogP contribution in [0.1, 0.15) is 35.9 Å². The van der Waals surface area contributed by atoms with E-state index >= 15 is 0 Å². The molecule has 0 spiro atoms. The third-order valence-electron chi connectivity index (χ3n) is 3.97. The Morgan fingerprint density at radius 1 is 1.29 bits per heavy atom. The lowest BCUT2D eigenvalue weighted by Crippen LogP contribution is -2.22. The number of nitrogens with two attached hydrogens (primary N) is 1. The standard InChI is InChI=1S/C17H20N4O2S/c18-17(19-9-16-21-13(10-24-16)11-2-3-11)20-12-4-5-14-15(8-12)23-7-1-6-22-14/h4-5,8,10-11H,1-3,6-7,9H2,(H3,18,19,20). The first-order valence-corrected chi connectivity index (χ1v) is 9.07. The van der Waals surface area contributed by atoms with Gasteiger partial charge in [-0.15, -0.1) is 11.3 Å². The summed E-state index contributed by atoms with van der Waals surface area (Å²) in [6.07, 6.45) is 3.41. The zero-order chi connectivity index (χ0) is 16.4. The van der Waals surface area contributed by atoms with E-state index in [1.165, 1.54) is 18.5 Å². The highest BCUT2D eigenvalue weighted by molar-refractivity contribution is 7.09. The van der Waals surface area contributed by atoms with Gasteiger partial charge < -0.3 is 20.5 Å². The lowest BCUT2D eigenvalue weighted by molar-refractivity contribution is 0.297. The van der Waals surface area contributed by atoms with Crippen molar-refractivity contribution in [1.29, 1.82) is 0 Å². The highest BCUT2D eigenvalue weighted by atomic mass is 32.1. The van der Waals surface area contributed by atoms with Crippen LogP contribution in [0, 0.1) is 0 Å². The second-order valence-corrected chi connectivity index (χ2v) is 6.92. The second-order valence-electron chi connectivity index (χ2n) is 5.98. The number of rotatable bonds is 4. The molecule has 1 aliphatic heterocycles. The van der Waals surface area contributed by atoms with E-state index in [-0.39, 0.29) is 0 Å². The van der Waals surface area contributed by atoms with Crippen molar-refractivity contribution in [3.63, 3.8) is 0 Å². The molecule has 0 saturated heterocycles. The molecule has 1 aliphatic carbocycles. The van der Waals surface area contributed by atoms with Crippen LogP contribution in [-0.2, 0) is 6.54 Å². The van der Waals surface area contributed by atoms with Gasteiger partial charge in [0.15, 0.2) is 17.5 Å². The van der Waals surface area contributed by atoms with Crippen LogP contribution < -0.4 is 20.5 Å². The van der Waals surface area contributed by atoms with E-state index in [9.17, 15) is 0 Å². The first-order chi connectivity index (χ1) is 11.8. The smallest absolute Gasteiger partial charge is 0.193 e. The molecule has 2 aliphatic rings. The van der Waals surface area contributed by atoms with E-state index < -0.39 is 0 Å². The molecule has 126 valence electrons. The van der Waals surface area contributed by atoms with Crippen molar-refractivity contribution in [1.82, 2.24) is 4.98 Å². The number of nitrogens with one attached hydrogen (secondary N) is 1. The molecule has 0 unspecified atom stereocenters. The largest absolute Gasteiger partial charge is 0.490 e. The van der Waals surface area contributed by atoms with Crippen LogP contribution in [0.3, 0.4) is 0 Å². The molecule has 4 rings (SSSR count). The normalized spacial score (nSPS) is 17.4. The summed E-state index contributed by atoms with van der Waals surface area (Å²) in [5, 5.41) is 6.23. The zero-order valence-corrected chi connectivity index (χ0v) is 14.1. The number of thiazole rings is 1. The van der Waals surface area contributed by atoms with Gasteiger partial charge in [0.05, 0.1) is 25.5 Å². The predicted octanol–water partition coefficient (Wildman–Crippen LogP) is 3.11. The maximum Gasteiger partial charge on any atom is 0.193 e. The molecule has 1 saturated carbocycles. The summed E-state index contributed by atoms with van der Waals surface area (Å²) in [5.74, 6) is 2.55. The van der Waals surface area contributed by atoms with Crippen LogP contribution in [0.25, 0.3) is 0 Å². The van der Waals surface area contributed by atoms with Crippen LogP contribution >= 0.6 is 11.3 Å². The van der Waals surface area contributed by atoms with Crippen molar-refractivity contribution in [2.24, 2.45) is 10.7 Å². The quantitative estimate of drug-likeness (QED) is 0.658. The first kappa shape index (κ1) is 15.3. The van der Waals surface area contributed by atoms with Gasteiger partial charge in [-0.2, -0.15) is 0 Å². The van der Waals surface area contributed by atoms with Crippen molar-refractivity contribution < 1.29 is 9.47 Å². The first-order valence-electron chi connectivity index (χ1n) is 8.19. The van der Waals surface area contributed by atoms with Crippen LogP contribution in [0.5, 0.6) is 11.5 Å². The van der Waals surface area contributed by atoms with Gasteiger partial charge in [-0.1, -0.05) is 0 Å². The summed E-state index contributed by atoms with van der Waals surface area (Å²) in [6, 6.07) is 5.68. The molecule has 1 aromatic carbocycles. The number of aliphatic imine (C=N–C) groups is 1. The highest BCUT2D eigenvalue weighted by Gasteiger charge is 2.25. The summed E-state index contributed by atoms with van der Waals surface area (Å²) in [5.41, 5.74) is 8.02. The minimum absolute atomic E-state index is 0.368. The molecule has 3 N–H and O–H groups in total. The number of guanidine groups is 1. The minimum atomic E-state index is 0.368. The minimum Gasteiger partial charge on any atom is -0.490 e. The fourth-order valence-corrected chi connectivity index (χ4v) is 3.34. The molecule has 0 atom stereocenters. The number of hydrogen-bond acceptors (Lipinski definition) is 5. The van der Waals surface area contributed by atoms with E-state index in [0.717, 1.165) is 28.6 Å². The summed E-state index contributed by atoms with van der Waals surface area (Å²) >= 11 is 1.65. The summed E-state index contributed by atoms with van der Waals surface area (Å²) < 4.78 is 11.3. The van der Waals surface area contributed by atoms with E-state index in [1.807, 2.05) is 18.2 Å². The van der Waals surface area contributed by atoms with Gasteiger partial charge >= 0.3 is 0 Å². The maximum absolute atomic E-state index is 5.98. The zero-order valence-electron chi connectivity index (χ0n) is 13.3. The Morgan fingerprint density at radius 2 is 2.12 bits per heavy atom. The maximum atomic E-state index is 5.98. The molecule has 2 heterocycles. The number of fused-ring (bicyclic) bond motifs is 1. The van der Waals surface area contributed by atoms with Crippen molar-refractivity contribution in [2.75, 3.05) is 18.5 Å². The third kappa shape index (κ3) is 3.62. The van der Waals surface area contributed by atoms with Gasteiger partial charge in [-0.3, -0.25) is 0 Å². The Balaban J connectivity index is 1.39. The Labute approximate surface area is 144 Å². The number of aromatic nitrogens is 1. The SMILES string of the molecule is NC(=NCc1nc(C2CC2)cs1)Nc1ccc2c(c1)OCCCO2.